The largest absolute Gasteiger partial charge is 0.477 e. The van der Waals surface area contributed by atoms with Gasteiger partial charge in [-0.25, -0.2) is 4.79 Å². The number of rotatable bonds is 9. The van der Waals surface area contributed by atoms with Crippen LogP contribution in [-0.4, -0.2) is 61.0 Å². The minimum absolute atomic E-state index is 0.00277. The molecule has 102 valence electrons. The molecule has 0 aromatic rings. The van der Waals surface area contributed by atoms with Crippen LogP contribution in [0.5, 0.6) is 0 Å². The number of carboxylic acid groups (broad SMARTS) is 1. The average Bonchev–Trinajstić information content (AvgIpc) is 2.23. The SMILES string of the molecule is C=CC(=O)NCC(=O)CCC[N+](C)(C)CC(=O)O. The van der Waals surface area contributed by atoms with Gasteiger partial charge in [0.05, 0.1) is 27.2 Å². The molecule has 0 atom stereocenters. The van der Waals surface area contributed by atoms with Crippen LogP contribution in [0.2, 0.25) is 0 Å². The monoisotopic (exact) mass is 257 g/mol. The van der Waals surface area contributed by atoms with Gasteiger partial charge in [-0.3, -0.25) is 9.59 Å². The summed E-state index contributed by atoms with van der Waals surface area (Å²) in [4.78, 5) is 32.8. The fourth-order valence-corrected chi connectivity index (χ4v) is 1.50. The highest BCUT2D eigenvalue weighted by atomic mass is 16.4. The summed E-state index contributed by atoms with van der Waals surface area (Å²) in [6.07, 6.45) is 2.04. The van der Waals surface area contributed by atoms with E-state index in [4.69, 9.17) is 5.11 Å². The molecule has 0 bridgehead atoms. The number of ketones is 1. The molecule has 0 fully saturated rings. The number of nitrogens with one attached hydrogen (secondary N) is 1. The van der Waals surface area contributed by atoms with Gasteiger partial charge in [-0.15, -0.1) is 0 Å². The van der Waals surface area contributed by atoms with E-state index in [2.05, 4.69) is 11.9 Å². The lowest BCUT2D eigenvalue weighted by atomic mass is 10.2. The van der Waals surface area contributed by atoms with E-state index in [1.165, 1.54) is 0 Å². The second-order valence-electron chi connectivity index (χ2n) is 4.78. The summed E-state index contributed by atoms with van der Waals surface area (Å²) < 4.78 is 0.335. The van der Waals surface area contributed by atoms with E-state index in [1.807, 2.05) is 0 Å². The molecular weight excluding hydrogens is 236 g/mol. The van der Waals surface area contributed by atoms with Gasteiger partial charge in [-0.1, -0.05) is 6.58 Å². The van der Waals surface area contributed by atoms with Gasteiger partial charge in [0.15, 0.2) is 12.3 Å². The highest BCUT2D eigenvalue weighted by Crippen LogP contribution is 2.02. The number of nitrogens with zero attached hydrogens (tertiary/aromatic N) is 1. The number of aliphatic carboxylic acids is 1. The maximum Gasteiger partial charge on any atom is 0.359 e. The minimum Gasteiger partial charge on any atom is -0.477 e. The Morgan fingerprint density at radius 3 is 2.44 bits per heavy atom. The van der Waals surface area contributed by atoms with Crippen molar-refractivity contribution < 1.29 is 24.0 Å². The van der Waals surface area contributed by atoms with Crippen molar-refractivity contribution in [2.24, 2.45) is 0 Å². The van der Waals surface area contributed by atoms with E-state index < -0.39 is 5.97 Å². The zero-order valence-electron chi connectivity index (χ0n) is 10.9. The van der Waals surface area contributed by atoms with Crippen molar-refractivity contribution in [1.29, 1.82) is 0 Å². The second-order valence-corrected chi connectivity index (χ2v) is 4.78. The molecule has 0 aliphatic carbocycles. The Hall–Kier alpha value is -1.69. The van der Waals surface area contributed by atoms with Gasteiger partial charge < -0.3 is 14.9 Å². The third-order valence-corrected chi connectivity index (χ3v) is 2.43. The van der Waals surface area contributed by atoms with Crippen molar-refractivity contribution in [3.63, 3.8) is 0 Å². The zero-order chi connectivity index (χ0) is 14.2. The molecule has 6 nitrogen and oxygen atoms in total. The Labute approximate surface area is 107 Å². The van der Waals surface area contributed by atoms with Crippen molar-refractivity contribution in [2.45, 2.75) is 12.8 Å². The van der Waals surface area contributed by atoms with Crippen LogP contribution in [-0.2, 0) is 14.4 Å². The number of carbonyl (C=O) groups excluding carboxylic acids is 2. The first-order chi connectivity index (χ1) is 8.26. The quantitative estimate of drug-likeness (QED) is 0.442. The van der Waals surface area contributed by atoms with Crippen LogP contribution in [0.3, 0.4) is 0 Å². The van der Waals surface area contributed by atoms with Crippen LogP contribution >= 0.6 is 0 Å². The van der Waals surface area contributed by atoms with E-state index in [9.17, 15) is 14.4 Å². The molecule has 0 spiro atoms. The number of carbonyl (C=O) groups is 3. The molecule has 0 saturated heterocycles. The molecule has 0 radical (unpaired) electrons. The third-order valence-electron chi connectivity index (χ3n) is 2.43. The summed E-state index contributed by atoms with van der Waals surface area (Å²) >= 11 is 0. The van der Waals surface area contributed by atoms with Crippen LogP contribution in [0.25, 0.3) is 0 Å². The summed E-state index contributed by atoms with van der Waals surface area (Å²) in [7, 11) is 3.61. The Morgan fingerprint density at radius 2 is 1.94 bits per heavy atom. The Bertz CT molecular complexity index is 337. The van der Waals surface area contributed by atoms with Crippen molar-refractivity contribution in [2.75, 3.05) is 33.7 Å². The molecule has 0 heterocycles. The predicted octanol–water partition coefficient (Wildman–Crippen LogP) is -0.201. The van der Waals surface area contributed by atoms with E-state index in [0.717, 1.165) is 6.08 Å². The molecule has 1 amide bonds. The summed E-state index contributed by atoms with van der Waals surface area (Å²) in [5.41, 5.74) is 0. The average molecular weight is 257 g/mol. The minimum atomic E-state index is -0.857. The Kier molecular flexibility index (Phi) is 6.89. The smallest absolute Gasteiger partial charge is 0.359 e. The van der Waals surface area contributed by atoms with Crippen molar-refractivity contribution >= 4 is 17.7 Å². The molecule has 0 aromatic carbocycles. The van der Waals surface area contributed by atoms with Crippen molar-refractivity contribution in [3.05, 3.63) is 12.7 Å². The van der Waals surface area contributed by atoms with Gasteiger partial charge in [0.25, 0.3) is 0 Å². The Morgan fingerprint density at radius 1 is 1.33 bits per heavy atom. The molecule has 0 aliphatic heterocycles. The van der Waals surface area contributed by atoms with E-state index >= 15 is 0 Å². The first-order valence-electron chi connectivity index (χ1n) is 5.72. The molecule has 2 N–H and O–H groups in total. The van der Waals surface area contributed by atoms with Gasteiger partial charge in [-0.05, 0) is 6.08 Å². The highest BCUT2D eigenvalue weighted by molar-refractivity contribution is 5.91. The van der Waals surface area contributed by atoms with E-state index in [0.29, 0.717) is 23.9 Å². The number of quaternary nitrogens is 1. The van der Waals surface area contributed by atoms with Gasteiger partial charge in [0, 0.05) is 12.8 Å². The van der Waals surface area contributed by atoms with Crippen LogP contribution in [0, 0.1) is 0 Å². The maximum absolute atomic E-state index is 11.4. The summed E-state index contributed by atoms with van der Waals surface area (Å²) in [5.74, 6) is -1.30. The molecule has 0 unspecified atom stereocenters. The molecule has 0 saturated carbocycles. The Balaban J connectivity index is 3.83. The topological polar surface area (TPSA) is 83.5 Å². The molecule has 0 aliphatic rings. The van der Waals surface area contributed by atoms with Crippen LogP contribution in [0.4, 0.5) is 0 Å². The summed E-state index contributed by atoms with van der Waals surface area (Å²) in [6, 6.07) is 0. The number of amides is 1. The van der Waals surface area contributed by atoms with Crippen LogP contribution in [0.1, 0.15) is 12.8 Å². The summed E-state index contributed by atoms with van der Waals surface area (Å²) in [5, 5.41) is 11.1. The molecular formula is C12H21N2O4+. The number of carboxylic acids is 1. The van der Waals surface area contributed by atoms with Gasteiger partial charge in [-0.2, -0.15) is 0 Å². The molecule has 6 heteroatoms. The van der Waals surface area contributed by atoms with Crippen molar-refractivity contribution in [1.82, 2.24) is 5.32 Å². The van der Waals surface area contributed by atoms with E-state index in [-0.39, 0.29) is 24.8 Å². The standard InChI is InChI=1S/C12H20N2O4/c1-4-11(16)13-8-10(15)6-5-7-14(2,3)9-12(17)18/h4H,1,5-9H2,2-3H3,(H-,13,16,17,18)/p+1. The lowest BCUT2D eigenvalue weighted by Crippen LogP contribution is -2.44. The lowest BCUT2D eigenvalue weighted by Gasteiger charge is -2.27. The van der Waals surface area contributed by atoms with Gasteiger partial charge in [0.2, 0.25) is 5.91 Å². The van der Waals surface area contributed by atoms with Gasteiger partial charge >= 0.3 is 5.97 Å². The van der Waals surface area contributed by atoms with Crippen LogP contribution < -0.4 is 5.32 Å². The van der Waals surface area contributed by atoms with E-state index in [1.54, 1.807) is 14.1 Å². The lowest BCUT2D eigenvalue weighted by molar-refractivity contribution is -0.883. The first-order valence-corrected chi connectivity index (χ1v) is 5.72. The number of likely N-dealkylation sites (N-methyl/N-ethyl adjacent to an activating group) is 1. The third kappa shape index (κ3) is 8.46. The van der Waals surface area contributed by atoms with Crippen molar-refractivity contribution in [3.8, 4) is 0 Å². The maximum atomic E-state index is 11.4. The van der Waals surface area contributed by atoms with Gasteiger partial charge in [0.1, 0.15) is 0 Å². The highest BCUT2D eigenvalue weighted by Gasteiger charge is 2.19. The second kappa shape index (κ2) is 7.60. The first kappa shape index (κ1) is 16.3. The molecule has 18 heavy (non-hydrogen) atoms. The zero-order valence-corrected chi connectivity index (χ0v) is 10.9. The molecule has 0 rings (SSSR count). The fourth-order valence-electron chi connectivity index (χ4n) is 1.50. The number of hydrogen-bond acceptors (Lipinski definition) is 3. The fraction of sp³-hybridized carbons (Fsp3) is 0.583. The van der Waals surface area contributed by atoms with Crippen LogP contribution in [0.15, 0.2) is 12.7 Å². The predicted molar refractivity (Wildman–Crippen MR) is 66.9 cm³/mol. The number of hydrogen-bond donors (Lipinski definition) is 2. The number of Topliss-reactive ketones (excluding diaryl/α,β-unsaturated/α-hetero) is 1. The summed E-state index contributed by atoms with van der Waals surface area (Å²) in [6.45, 7) is 3.91. The molecule has 0 aromatic heterocycles. The normalized spacial score (nSPS) is 10.8.